The Kier molecular flexibility index (Phi) is 3.92. The SMILES string of the molecule is Nc1nc(N2CCOCC2)c2nc(-c3ccc(Cl)cc3)ccc2n1. The van der Waals surface area contributed by atoms with Gasteiger partial charge in [0.15, 0.2) is 5.82 Å². The Morgan fingerprint density at radius 2 is 1.71 bits per heavy atom. The highest BCUT2D eigenvalue weighted by Crippen LogP contribution is 2.27. The number of pyridine rings is 1. The Hall–Kier alpha value is -2.44. The normalized spacial score (nSPS) is 15.0. The van der Waals surface area contributed by atoms with E-state index >= 15 is 0 Å². The number of aromatic nitrogens is 3. The van der Waals surface area contributed by atoms with Crippen LogP contribution in [0.5, 0.6) is 0 Å². The van der Waals surface area contributed by atoms with Gasteiger partial charge in [-0.25, -0.2) is 9.97 Å². The molecule has 1 aromatic carbocycles. The highest BCUT2D eigenvalue weighted by atomic mass is 35.5. The van der Waals surface area contributed by atoms with Crippen molar-refractivity contribution >= 4 is 34.4 Å². The number of nitrogens with two attached hydrogens (primary N) is 1. The van der Waals surface area contributed by atoms with Crippen molar-refractivity contribution in [2.24, 2.45) is 0 Å². The Balaban J connectivity index is 1.85. The van der Waals surface area contributed by atoms with Gasteiger partial charge in [0, 0.05) is 23.7 Å². The molecule has 2 aromatic heterocycles. The third-order valence-corrected chi connectivity index (χ3v) is 4.24. The van der Waals surface area contributed by atoms with Crippen LogP contribution in [0.15, 0.2) is 36.4 Å². The van der Waals surface area contributed by atoms with Gasteiger partial charge in [-0.2, -0.15) is 4.98 Å². The van der Waals surface area contributed by atoms with Gasteiger partial charge in [0.2, 0.25) is 5.95 Å². The summed E-state index contributed by atoms with van der Waals surface area (Å²) in [5, 5.41) is 0.699. The van der Waals surface area contributed by atoms with E-state index in [4.69, 9.17) is 27.1 Å². The van der Waals surface area contributed by atoms with Gasteiger partial charge in [-0.1, -0.05) is 23.7 Å². The number of hydrogen-bond donors (Lipinski definition) is 1. The number of rotatable bonds is 2. The Morgan fingerprint density at radius 3 is 2.46 bits per heavy atom. The van der Waals surface area contributed by atoms with Crippen molar-refractivity contribution < 1.29 is 4.74 Å². The number of nitrogens with zero attached hydrogens (tertiary/aromatic N) is 4. The highest BCUT2D eigenvalue weighted by Gasteiger charge is 2.18. The van der Waals surface area contributed by atoms with Gasteiger partial charge >= 0.3 is 0 Å². The first kappa shape index (κ1) is 15.1. The van der Waals surface area contributed by atoms with Gasteiger partial charge in [-0.3, -0.25) is 0 Å². The van der Waals surface area contributed by atoms with Crippen molar-refractivity contribution in [2.45, 2.75) is 0 Å². The van der Waals surface area contributed by atoms with Crippen LogP contribution in [0.25, 0.3) is 22.3 Å². The van der Waals surface area contributed by atoms with Crippen LogP contribution >= 0.6 is 11.6 Å². The van der Waals surface area contributed by atoms with Gasteiger partial charge in [-0.05, 0) is 24.3 Å². The van der Waals surface area contributed by atoms with Gasteiger partial charge in [0.05, 0.1) is 24.4 Å². The summed E-state index contributed by atoms with van der Waals surface area (Å²) in [5.41, 5.74) is 9.20. The van der Waals surface area contributed by atoms with Crippen LogP contribution in [0.1, 0.15) is 0 Å². The molecule has 0 spiro atoms. The molecule has 6 nitrogen and oxygen atoms in total. The van der Waals surface area contributed by atoms with Crippen molar-refractivity contribution in [3.05, 3.63) is 41.4 Å². The van der Waals surface area contributed by atoms with Crippen molar-refractivity contribution in [1.82, 2.24) is 15.0 Å². The molecule has 0 aliphatic carbocycles. The molecule has 1 aliphatic heterocycles. The standard InChI is InChI=1S/C17H16ClN5O/c18-12-3-1-11(2-4-12)13-5-6-14-15(20-13)16(22-17(19)21-14)23-7-9-24-10-8-23/h1-6H,7-10H2,(H2,19,21,22). The fourth-order valence-electron chi connectivity index (χ4n) is 2.79. The lowest BCUT2D eigenvalue weighted by Crippen LogP contribution is -2.37. The number of fused-ring (bicyclic) bond motifs is 1. The molecule has 2 N–H and O–H groups in total. The monoisotopic (exact) mass is 341 g/mol. The maximum Gasteiger partial charge on any atom is 0.222 e. The van der Waals surface area contributed by atoms with Crippen LogP contribution in [-0.2, 0) is 4.74 Å². The molecule has 0 saturated carbocycles. The number of ether oxygens (including phenoxy) is 1. The first-order valence-corrected chi connectivity index (χ1v) is 8.11. The van der Waals surface area contributed by atoms with Crippen molar-refractivity contribution in [1.29, 1.82) is 0 Å². The molecule has 1 aliphatic rings. The van der Waals surface area contributed by atoms with Gasteiger partial charge in [-0.15, -0.1) is 0 Å². The van der Waals surface area contributed by atoms with E-state index in [-0.39, 0.29) is 5.95 Å². The second kappa shape index (κ2) is 6.22. The summed E-state index contributed by atoms with van der Waals surface area (Å²) in [6.07, 6.45) is 0. The van der Waals surface area contributed by atoms with E-state index in [0.29, 0.717) is 18.2 Å². The number of halogens is 1. The van der Waals surface area contributed by atoms with E-state index in [2.05, 4.69) is 14.9 Å². The lowest BCUT2D eigenvalue weighted by atomic mass is 10.1. The summed E-state index contributed by atoms with van der Waals surface area (Å²) in [7, 11) is 0. The van der Waals surface area contributed by atoms with Crippen LogP contribution in [0.3, 0.4) is 0 Å². The number of hydrogen-bond acceptors (Lipinski definition) is 6. The van der Waals surface area contributed by atoms with Crippen LogP contribution in [0.2, 0.25) is 5.02 Å². The third kappa shape index (κ3) is 2.86. The first-order valence-electron chi connectivity index (χ1n) is 7.73. The molecule has 0 bridgehead atoms. The van der Waals surface area contributed by atoms with E-state index in [1.807, 2.05) is 36.4 Å². The minimum absolute atomic E-state index is 0.255. The average Bonchev–Trinajstić information content (AvgIpc) is 2.62. The summed E-state index contributed by atoms with van der Waals surface area (Å²) < 4.78 is 5.42. The van der Waals surface area contributed by atoms with Crippen molar-refractivity contribution in [2.75, 3.05) is 36.9 Å². The molecule has 4 rings (SSSR count). The van der Waals surface area contributed by atoms with Crippen molar-refractivity contribution in [3.63, 3.8) is 0 Å². The summed E-state index contributed by atoms with van der Waals surface area (Å²) in [6.45, 7) is 2.86. The second-order valence-electron chi connectivity index (χ2n) is 5.58. The lowest BCUT2D eigenvalue weighted by molar-refractivity contribution is 0.122. The highest BCUT2D eigenvalue weighted by molar-refractivity contribution is 6.30. The molecule has 7 heteroatoms. The Bertz CT molecular complexity index is 878. The molecule has 0 unspecified atom stereocenters. The molecule has 24 heavy (non-hydrogen) atoms. The third-order valence-electron chi connectivity index (χ3n) is 3.99. The van der Waals surface area contributed by atoms with E-state index in [0.717, 1.165) is 41.2 Å². The van der Waals surface area contributed by atoms with Crippen molar-refractivity contribution in [3.8, 4) is 11.3 Å². The molecular formula is C17H16ClN5O. The minimum atomic E-state index is 0.255. The van der Waals surface area contributed by atoms with Gasteiger partial charge in [0.25, 0.3) is 0 Å². The molecule has 122 valence electrons. The predicted molar refractivity (Wildman–Crippen MR) is 95.2 cm³/mol. The molecular weight excluding hydrogens is 326 g/mol. The maximum atomic E-state index is 5.97. The van der Waals surface area contributed by atoms with Crippen LogP contribution < -0.4 is 10.6 Å². The zero-order valence-corrected chi connectivity index (χ0v) is 13.7. The largest absolute Gasteiger partial charge is 0.378 e. The zero-order valence-electron chi connectivity index (χ0n) is 12.9. The topological polar surface area (TPSA) is 77.2 Å². The van der Waals surface area contributed by atoms with Crippen LogP contribution in [-0.4, -0.2) is 41.3 Å². The molecule has 0 amide bonds. The number of anilines is 2. The number of morpholine rings is 1. The zero-order chi connectivity index (χ0) is 16.5. The number of benzene rings is 1. The smallest absolute Gasteiger partial charge is 0.222 e. The quantitative estimate of drug-likeness (QED) is 0.772. The van der Waals surface area contributed by atoms with Crippen LogP contribution in [0.4, 0.5) is 11.8 Å². The first-order chi connectivity index (χ1) is 11.7. The molecule has 1 fully saturated rings. The number of nitrogen functional groups attached to an aromatic ring is 1. The Labute approximate surface area is 144 Å². The fraction of sp³-hybridized carbons (Fsp3) is 0.235. The summed E-state index contributed by atoms with van der Waals surface area (Å²) in [4.78, 5) is 15.7. The lowest BCUT2D eigenvalue weighted by Gasteiger charge is -2.28. The molecule has 0 radical (unpaired) electrons. The molecule has 1 saturated heterocycles. The average molecular weight is 342 g/mol. The molecule has 0 atom stereocenters. The Morgan fingerprint density at radius 1 is 0.958 bits per heavy atom. The van der Waals surface area contributed by atoms with E-state index in [9.17, 15) is 0 Å². The van der Waals surface area contributed by atoms with Gasteiger partial charge < -0.3 is 15.4 Å². The van der Waals surface area contributed by atoms with Crippen LogP contribution in [0, 0.1) is 0 Å². The van der Waals surface area contributed by atoms with E-state index < -0.39 is 0 Å². The van der Waals surface area contributed by atoms with E-state index in [1.165, 1.54) is 0 Å². The predicted octanol–water partition coefficient (Wildman–Crippen LogP) is 2.76. The summed E-state index contributed by atoms with van der Waals surface area (Å²) in [5.74, 6) is 1.02. The van der Waals surface area contributed by atoms with Gasteiger partial charge in [0.1, 0.15) is 5.52 Å². The molecule has 3 aromatic rings. The minimum Gasteiger partial charge on any atom is -0.378 e. The molecule has 3 heterocycles. The summed E-state index contributed by atoms with van der Waals surface area (Å²) in [6, 6.07) is 11.5. The maximum absolute atomic E-state index is 5.97. The summed E-state index contributed by atoms with van der Waals surface area (Å²) >= 11 is 5.97. The van der Waals surface area contributed by atoms with E-state index in [1.54, 1.807) is 0 Å². The fourth-order valence-corrected chi connectivity index (χ4v) is 2.92. The second-order valence-corrected chi connectivity index (χ2v) is 6.01.